The quantitative estimate of drug-likeness (QED) is 0.250. The number of halogens is 4. The molecular formula is C9H6F3IN2O5. The summed E-state index contributed by atoms with van der Waals surface area (Å²) in [5, 5.41) is 10.7. The fourth-order valence-electron chi connectivity index (χ4n) is 1.25. The Morgan fingerprint density at radius 3 is 2.60 bits per heavy atom. The lowest BCUT2D eigenvalue weighted by molar-refractivity contribution is -0.393. The molecule has 0 bridgehead atoms. The average Bonchev–Trinajstić information content (AvgIpc) is 2.30. The van der Waals surface area contributed by atoms with Crippen LogP contribution in [-0.2, 0) is 16.0 Å². The molecule has 1 heterocycles. The second kappa shape index (κ2) is 6.19. The Morgan fingerprint density at radius 2 is 2.15 bits per heavy atom. The molecule has 0 spiro atoms. The van der Waals surface area contributed by atoms with Gasteiger partial charge in [-0.1, -0.05) is 0 Å². The van der Waals surface area contributed by atoms with Gasteiger partial charge in [0.15, 0.2) is 0 Å². The van der Waals surface area contributed by atoms with E-state index in [0.29, 0.717) is 0 Å². The van der Waals surface area contributed by atoms with Gasteiger partial charge in [0.25, 0.3) is 0 Å². The zero-order valence-corrected chi connectivity index (χ0v) is 11.9. The summed E-state index contributed by atoms with van der Waals surface area (Å²) in [5.41, 5.74) is -0.333. The summed E-state index contributed by atoms with van der Waals surface area (Å²) < 4.78 is 44.8. The zero-order chi connectivity index (χ0) is 15.5. The highest BCUT2D eigenvalue weighted by Gasteiger charge is 2.37. The number of nitrogens with zero attached hydrogens (tertiary/aromatic N) is 2. The van der Waals surface area contributed by atoms with Gasteiger partial charge in [-0.2, -0.15) is 0 Å². The first-order chi connectivity index (χ1) is 9.14. The zero-order valence-electron chi connectivity index (χ0n) is 9.73. The molecule has 0 saturated carbocycles. The molecule has 0 unspecified atom stereocenters. The summed E-state index contributed by atoms with van der Waals surface area (Å²) in [6.45, 7) is 0. The van der Waals surface area contributed by atoms with Crippen LogP contribution in [-0.4, -0.2) is 29.3 Å². The van der Waals surface area contributed by atoms with Crippen LogP contribution in [0.25, 0.3) is 0 Å². The van der Waals surface area contributed by atoms with E-state index in [9.17, 15) is 28.1 Å². The number of nitro groups is 1. The van der Waals surface area contributed by atoms with Gasteiger partial charge >= 0.3 is 18.1 Å². The van der Waals surface area contributed by atoms with E-state index in [1.165, 1.54) is 0 Å². The topological polar surface area (TPSA) is 91.6 Å². The number of methoxy groups -OCH3 is 1. The summed E-state index contributed by atoms with van der Waals surface area (Å²) >= 11 is 1.57. The van der Waals surface area contributed by atoms with Gasteiger partial charge in [-0.15, -0.1) is 13.2 Å². The lowest BCUT2D eigenvalue weighted by atomic mass is 10.1. The maximum Gasteiger partial charge on any atom is 0.573 e. The predicted molar refractivity (Wildman–Crippen MR) is 66.0 cm³/mol. The molecule has 7 nitrogen and oxygen atoms in total. The summed E-state index contributed by atoms with van der Waals surface area (Å²) in [5.74, 6) is -3.10. The Kier molecular flexibility index (Phi) is 5.08. The number of hydrogen-bond acceptors (Lipinski definition) is 6. The fraction of sp³-hybridized carbons (Fsp3) is 0.333. The van der Waals surface area contributed by atoms with Crippen molar-refractivity contribution in [2.45, 2.75) is 12.8 Å². The van der Waals surface area contributed by atoms with Crippen molar-refractivity contribution in [3.63, 3.8) is 0 Å². The maximum atomic E-state index is 12.3. The van der Waals surface area contributed by atoms with Crippen LogP contribution in [0.1, 0.15) is 5.56 Å². The van der Waals surface area contributed by atoms with Crippen LogP contribution in [0.15, 0.2) is 6.07 Å². The Morgan fingerprint density at radius 1 is 1.55 bits per heavy atom. The van der Waals surface area contributed by atoms with Gasteiger partial charge in [0, 0.05) is 34.2 Å². The fourth-order valence-corrected chi connectivity index (χ4v) is 1.85. The molecule has 0 radical (unpaired) electrons. The van der Waals surface area contributed by atoms with Crippen molar-refractivity contribution in [1.82, 2.24) is 4.98 Å². The maximum absolute atomic E-state index is 12.3. The van der Waals surface area contributed by atoms with Crippen molar-refractivity contribution < 1.29 is 32.4 Å². The van der Waals surface area contributed by atoms with Crippen LogP contribution in [0, 0.1) is 13.8 Å². The molecule has 0 aliphatic heterocycles. The minimum absolute atomic E-state index is 0.0442. The first-order valence-electron chi connectivity index (χ1n) is 4.80. The third-order valence-electron chi connectivity index (χ3n) is 1.95. The van der Waals surface area contributed by atoms with E-state index in [2.05, 4.69) is 14.5 Å². The number of carbonyl (C=O) groups excluding carboxylic acids is 1. The van der Waals surface area contributed by atoms with Crippen molar-refractivity contribution in [2.24, 2.45) is 0 Å². The highest BCUT2D eigenvalue weighted by Crippen LogP contribution is 2.35. The predicted octanol–water partition coefficient (Wildman–Crippen LogP) is 2.21. The molecule has 0 aliphatic rings. The van der Waals surface area contributed by atoms with Crippen molar-refractivity contribution in [2.75, 3.05) is 7.11 Å². The number of pyridine rings is 1. The van der Waals surface area contributed by atoms with Gasteiger partial charge in [-0.25, -0.2) is 0 Å². The van der Waals surface area contributed by atoms with Gasteiger partial charge in [-0.05, 0) is 9.91 Å². The summed E-state index contributed by atoms with van der Waals surface area (Å²) in [4.78, 5) is 24.1. The van der Waals surface area contributed by atoms with Gasteiger partial charge in [0.2, 0.25) is 9.45 Å². The first kappa shape index (κ1) is 16.4. The van der Waals surface area contributed by atoms with Crippen molar-refractivity contribution in [3.8, 4) is 5.75 Å². The molecule has 1 aromatic heterocycles. The smallest absolute Gasteiger partial charge is 0.469 e. The number of rotatable bonds is 4. The van der Waals surface area contributed by atoms with Gasteiger partial charge in [-0.3, -0.25) is 4.79 Å². The van der Waals surface area contributed by atoms with E-state index in [1.54, 1.807) is 22.6 Å². The van der Waals surface area contributed by atoms with E-state index in [1.807, 2.05) is 0 Å². The Balaban J connectivity index is 3.38. The second-order valence-corrected chi connectivity index (χ2v) is 4.42. The number of hydrogen-bond donors (Lipinski definition) is 0. The number of alkyl halides is 3. The van der Waals surface area contributed by atoms with Gasteiger partial charge in [0.05, 0.1) is 13.5 Å². The molecule has 0 atom stereocenters. The highest BCUT2D eigenvalue weighted by molar-refractivity contribution is 14.1. The normalized spacial score (nSPS) is 11.1. The molecule has 0 aromatic carbocycles. The number of ether oxygens (including phenoxy) is 2. The molecule has 1 rings (SSSR count). The molecule has 0 N–H and O–H groups in total. The monoisotopic (exact) mass is 406 g/mol. The van der Waals surface area contributed by atoms with Crippen LogP contribution in [0.4, 0.5) is 19.0 Å². The van der Waals surface area contributed by atoms with E-state index in [4.69, 9.17) is 0 Å². The number of aromatic nitrogens is 1. The molecule has 0 saturated heterocycles. The van der Waals surface area contributed by atoms with E-state index in [-0.39, 0.29) is 9.26 Å². The standard InChI is InChI=1S/C9H6F3IN2O5/c1-19-6(16)3-4-2-5(13)14-8(15(17)18)7(4)20-9(10,11)12/h2H,3H2,1H3. The average molecular weight is 406 g/mol. The SMILES string of the molecule is COC(=O)Cc1cc(I)nc([N+](=O)[O-])c1OC(F)(F)F. The second-order valence-electron chi connectivity index (χ2n) is 3.31. The summed E-state index contributed by atoms with van der Waals surface area (Å²) in [6, 6.07) is 1.07. The number of esters is 1. The lowest BCUT2D eigenvalue weighted by Crippen LogP contribution is -2.20. The highest BCUT2D eigenvalue weighted by atomic mass is 127. The largest absolute Gasteiger partial charge is 0.573 e. The molecule has 20 heavy (non-hydrogen) atoms. The molecule has 0 aliphatic carbocycles. The van der Waals surface area contributed by atoms with Crippen molar-refractivity contribution >= 4 is 34.4 Å². The Hall–Kier alpha value is -1.66. The minimum Gasteiger partial charge on any atom is -0.469 e. The Labute approximate surface area is 123 Å². The van der Waals surface area contributed by atoms with Crippen LogP contribution >= 0.6 is 22.6 Å². The van der Waals surface area contributed by atoms with Crippen LogP contribution < -0.4 is 4.74 Å². The van der Waals surface area contributed by atoms with Crippen LogP contribution in [0.3, 0.4) is 0 Å². The van der Waals surface area contributed by atoms with Gasteiger partial charge < -0.3 is 19.6 Å². The molecule has 0 fully saturated rings. The van der Waals surface area contributed by atoms with Crippen molar-refractivity contribution in [3.05, 3.63) is 25.4 Å². The number of carbonyl (C=O) groups is 1. The third kappa shape index (κ3) is 4.47. The molecule has 11 heteroatoms. The lowest BCUT2D eigenvalue weighted by Gasteiger charge is -2.12. The third-order valence-corrected chi connectivity index (χ3v) is 2.51. The molecular weight excluding hydrogens is 400 g/mol. The molecule has 110 valence electrons. The van der Waals surface area contributed by atoms with E-state index < -0.39 is 35.2 Å². The van der Waals surface area contributed by atoms with E-state index in [0.717, 1.165) is 13.2 Å². The Bertz CT molecular complexity index is 549. The summed E-state index contributed by atoms with van der Waals surface area (Å²) in [7, 11) is 1.03. The first-order valence-corrected chi connectivity index (χ1v) is 5.88. The van der Waals surface area contributed by atoms with Gasteiger partial charge in [0.1, 0.15) is 0 Å². The van der Waals surface area contributed by atoms with E-state index >= 15 is 0 Å². The van der Waals surface area contributed by atoms with Crippen molar-refractivity contribution in [1.29, 1.82) is 0 Å². The molecule has 0 amide bonds. The summed E-state index contributed by atoms with van der Waals surface area (Å²) in [6.07, 6.45) is -5.76. The van der Waals surface area contributed by atoms with Crippen LogP contribution in [0.2, 0.25) is 0 Å². The minimum atomic E-state index is -5.15. The molecule has 1 aromatic rings. The van der Waals surface area contributed by atoms with Crippen LogP contribution in [0.5, 0.6) is 5.75 Å².